The molecule has 2 rings (SSSR count). The zero-order chi connectivity index (χ0) is 10.7. The van der Waals surface area contributed by atoms with Gasteiger partial charge in [0.1, 0.15) is 0 Å². The minimum atomic E-state index is -0.234. The largest absolute Gasteiger partial charge is 0.325 e. The fourth-order valence-corrected chi connectivity index (χ4v) is 1.36. The van der Waals surface area contributed by atoms with Crippen molar-refractivity contribution >= 4 is 5.78 Å². The molecule has 2 heteroatoms. The number of benzene rings is 1. The van der Waals surface area contributed by atoms with Crippen LogP contribution < -0.4 is 5.73 Å². The van der Waals surface area contributed by atoms with Crippen molar-refractivity contribution in [2.45, 2.75) is 24.8 Å². The van der Waals surface area contributed by atoms with Crippen molar-refractivity contribution in [1.29, 1.82) is 0 Å². The minimum Gasteiger partial charge on any atom is -0.325 e. The molecule has 0 aliphatic heterocycles. The number of nitrogens with two attached hydrogens (primary N) is 1. The van der Waals surface area contributed by atoms with Crippen molar-refractivity contribution in [3.63, 3.8) is 0 Å². The summed E-state index contributed by atoms with van der Waals surface area (Å²) in [6.45, 7) is 0. The molecule has 0 saturated heterocycles. The molecule has 1 fully saturated rings. The van der Waals surface area contributed by atoms with Crippen LogP contribution in [0.15, 0.2) is 30.3 Å². The Balaban J connectivity index is 1.97. The summed E-state index contributed by atoms with van der Waals surface area (Å²) in [7, 11) is 0. The maximum Gasteiger partial charge on any atom is 0.207 e. The van der Waals surface area contributed by atoms with Crippen LogP contribution in [0.3, 0.4) is 0 Å². The van der Waals surface area contributed by atoms with E-state index in [2.05, 4.69) is 11.8 Å². The van der Waals surface area contributed by atoms with Gasteiger partial charge in [0.2, 0.25) is 5.78 Å². The predicted octanol–water partition coefficient (Wildman–Crippen LogP) is 1.49. The van der Waals surface area contributed by atoms with Crippen LogP contribution in [-0.4, -0.2) is 11.3 Å². The van der Waals surface area contributed by atoms with E-state index in [-0.39, 0.29) is 11.3 Å². The number of hydrogen-bond acceptors (Lipinski definition) is 2. The molecule has 0 aromatic heterocycles. The third kappa shape index (κ3) is 2.93. The molecule has 0 bridgehead atoms. The third-order valence-electron chi connectivity index (χ3n) is 2.52. The van der Waals surface area contributed by atoms with Crippen molar-refractivity contribution in [3.05, 3.63) is 35.9 Å². The van der Waals surface area contributed by atoms with Crippen LogP contribution in [0, 0.1) is 11.8 Å². The van der Waals surface area contributed by atoms with Gasteiger partial charge in [0.15, 0.2) is 0 Å². The first-order chi connectivity index (χ1) is 7.18. The Morgan fingerprint density at radius 1 is 1.33 bits per heavy atom. The second-order valence-corrected chi connectivity index (χ2v) is 4.08. The van der Waals surface area contributed by atoms with E-state index in [4.69, 9.17) is 5.73 Å². The molecule has 0 radical (unpaired) electrons. The fourth-order valence-electron chi connectivity index (χ4n) is 1.36. The molecule has 1 aliphatic rings. The van der Waals surface area contributed by atoms with Crippen molar-refractivity contribution in [1.82, 2.24) is 0 Å². The van der Waals surface area contributed by atoms with Crippen molar-refractivity contribution in [2.24, 2.45) is 5.73 Å². The summed E-state index contributed by atoms with van der Waals surface area (Å²) in [5.74, 6) is 5.41. The highest BCUT2D eigenvalue weighted by atomic mass is 16.1. The first-order valence-electron chi connectivity index (χ1n) is 5.07. The van der Waals surface area contributed by atoms with Gasteiger partial charge in [-0.3, -0.25) is 4.79 Å². The molecule has 1 aromatic carbocycles. The van der Waals surface area contributed by atoms with E-state index in [1.54, 1.807) is 0 Å². The van der Waals surface area contributed by atoms with Crippen LogP contribution in [0.2, 0.25) is 0 Å². The molecule has 15 heavy (non-hydrogen) atoms. The first kappa shape index (κ1) is 9.95. The van der Waals surface area contributed by atoms with Gasteiger partial charge in [0.25, 0.3) is 0 Å². The van der Waals surface area contributed by atoms with Gasteiger partial charge in [-0.15, -0.1) is 0 Å². The molecular formula is C13H13NO. The summed E-state index contributed by atoms with van der Waals surface area (Å²) in [5, 5.41) is 0. The predicted molar refractivity (Wildman–Crippen MR) is 59.1 cm³/mol. The summed E-state index contributed by atoms with van der Waals surface area (Å²) in [4.78, 5) is 11.4. The maximum atomic E-state index is 11.4. The molecule has 2 N–H and O–H groups in total. The Kier molecular flexibility index (Phi) is 2.57. The van der Waals surface area contributed by atoms with Crippen molar-refractivity contribution in [3.8, 4) is 11.8 Å². The Morgan fingerprint density at radius 2 is 2.00 bits per heavy atom. The summed E-state index contributed by atoms with van der Waals surface area (Å²) < 4.78 is 0. The molecule has 2 nitrogen and oxygen atoms in total. The number of Topliss-reactive ketones (excluding diaryl/α,β-unsaturated/α-hetero) is 1. The molecule has 1 aromatic rings. The van der Waals surface area contributed by atoms with E-state index in [1.807, 2.05) is 30.3 Å². The lowest BCUT2D eigenvalue weighted by Crippen LogP contribution is -2.24. The summed E-state index contributed by atoms with van der Waals surface area (Å²) in [5.41, 5.74) is 6.46. The van der Waals surface area contributed by atoms with Crippen molar-refractivity contribution in [2.75, 3.05) is 0 Å². The van der Waals surface area contributed by atoms with Gasteiger partial charge < -0.3 is 5.73 Å². The van der Waals surface area contributed by atoms with Gasteiger partial charge in [-0.25, -0.2) is 0 Å². The highest BCUT2D eigenvalue weighted by molar-refractivity contribution is 5.97. The van der Waals surface area contributed by atoms with Crippen LogP contribution >= 0.6 is 0 Å². The smallest absolute Gasteiger partial charge is 0.207 e. The lowest BCUT2D eigenvalue weighted by molar-refractivity contribution is -0.114. The van der Waals surface area contributed by atoms with Gasteiger partial charge >= 0.3 is 0 Å². The highest BCUT2D eigenvalue weighted by Gasteiger charge is 2.39. The number of ketones is 1. The second kappa shape index (κ2) is 3.88. The summed E-state index contributed by atoms with van der Waals surface area (Å²) >= 11 is 0. The molecule has 0 atom stereocenters. The van der Waals surface area contributed by atoms with Crippen LogP contribution in [0.1, 0.15) is 24.8 Å². The average Bonchev–Trinajstić information content (AvgIpc) is 2.95. The Hall–Kier alpha value is -1.59. The molecule has 76 valence electrons. The van der Waals surface area contributed by atoms with Gasteiger partial charge in [-0.1, -0.05) is 24.1 Å². The Labute approximate surface area is 89.5 Å². The molecule has 1 saturated carbocycles. The molecular weight excluding hydrogens is 186 g/mol. The van der Waals surface area contributed by atoms with E-state index in [9.17, 15) is 4.79 Å². The van der Waals surface area contributed by atoms with Gasteiger partial charge in [0, 0.05) is 17.5 Å². The topological polar surface area (TPSA) is 43.1 Å². The molecule has 0 unspecified atom stereocenters. The molecule has 0 spiro atoms. The normalized spacial score (nSPS) is 16.3. The van der Waals surface area contributed by atoms with E-state index >= 15 is 0 Å². The third-order valence-corrected chi connectivity index (χ3v) is 2.52. The van der Waals surface area contributed by atoms with Crippen LogP contribution in [0.5, 0.6) is 0 Å². The highest BCUT2D eigenvalue weighted by Crippen LogP contribution is 2.35. The average molecular weight is 199 g/mol. The molecule has 0 amide bonds. The van der Waals surface area contributed by atoms with Gasteiger partial charge in [-0.2, -0.15) is 0 Å². The van der Waals surface area contributed by atoms with E-state index < -0.39 is 0 Å². The number of hydrogen-bond donors (Lipinski definition) is 1. The zero-order valence-electron chi connectivity index (χ0n) is 8.49. The maximum absolute atomic E-state index is 11.4. The van der Waals surface area contributed by atoms with Crippen LogP contribution in [-0.2, 0) is 4.79 Å². The number of carbonyl (C=O) groups excluding carboxylic acids is 1. The van der Waals surface area contributed by atoms with Crippen LogP contribution in [0.4, 0.5) is 0 Å². The minimum absolute atomic E-state index is 0.0566. The first-order valence-corrected chi connectivity index (χ1v) is 5.07. The fraction of sp³-hybridized carbons (Fsp3) is 0.308. The summed E-state index contributed by atoms with van der Waals surface area (Å²) in [6.07, 6.45) is 2.30. The lowest BCUT2D eigenvalue weighted by atomic mass is 10.1. The zero-order valence-corrected chi connectivity index (χ0v) is 8.49. The Morgan fingerprint density at radius 3 is 2.60 bits per heavy atom. The summed E-state index contributed by atoms with van der Waals surface area (Å²) in [6, 6.07) is 9.50. The van der Waals surface area contributed by atoms with Crippen molar-refractivity contribution < 1.29 is 4.79 Å². The number of rotatable bonds is 2. The van der Waals surface area contributed by atoms with Gasteiger partial charge in [0.05, 0.1) is 0 Å². The monoisotopic (exact) mass is 199 g/mol. The quantitative estimate of drug-likeness (QED) is 0.733. The van der Waals surface area contributed by atoms with Gasteiger partial charge in [-0.05, 0) is 30.9 Å². The number of carbonyl (C=O) groups is 1. The van der Waals surface area contributed by atoms with Crippen LogP contribution in [0.25, 0.3) is 0 Å². The Bertz CT molecular complexity index is 421. The molecule has 0 heterocycles. The van der Waals surface area contributed by atoms with E-state index in [1.165, 1.54) is 0 Å². The van der Waals surface area contributed by atoms with E-state index in [0.29, 0.717) is 6.42 Å². The lowest BCUT2D eigenvalue weighted by Gasteiger charge is -2.01. The SMILES string of the molecule is NC1(CC(=O)C#Cc2ccccc2)CC1. The standard InChI is InChI=1S/C13H13NO/c14-13(8-9-13)10-12(15)7-6-11-4-2-1-3-5-11/h1-5H,8-10,14H2. The second-order valence-electron chi connectivity index (χ2n) is 4.08. The molecule has 1 aliphatic carbocycles. The van der Waals surface area contributed by atoms with E-state index in [0.717, 1.165) is 18.4 Å².